The maximum Gasteiger partial charge on any atom is 0.333 e. The zero-order valence-corrected chi connectivity index (χ0v) is 21.3. The molecule has 3 aromatic rings. The fourth-order valence-electron chi connectivity index (χ4n) is 3.42. The maximum atomic E-state index is 13.6. The number of aliphatic hydroxyl groups is 1. The molecule has 0 aliphatic heterocycles. The number of nitrogens with zero attached hydrogens (tertiary/aromatic N) is 2. The van der Waals surface area contributed by atoms with Crippen molar-refractivity contribution in [3.05, 3.63) is 66.1 Å². The summed E-state index contributed by atoms with van der Waals surface area (Å²) < 4.78 is 8.51. The van der Waals surface area contributed by atoms with E-state index in [9.17, 15) is 19.5 Å². The summed E-state index contributed by atoms with van der Waals surface area (Å²) in [4.78, 5) is 40.5. The second-order valence-electron chi connectivity index (χ2n) is 9.20. The van der Waals surface area contributed by atoms with Crippen molar-refractivity contribution >= 4 is 43.5 Å². The van der Waals surface area contributed by atoms with Gasteiger partial charge in [0.25, 0.3) is 5.56 Å². The van der Waals surface area contributed by atoms with Crippen LogP contribution in [-0.4, -0.2) is 25.8 Å². The maximum absolute atomic E-state index is 13.6. The molecule has 0 spiro atoms. The summed E-state index contributed by atoms with van der Waals surface area (Å²) in [6, 6.07) is 8.97. The molecule has 0 aliphatic carbocycles. The van der Waals surface area contributed by atoms with Crippen LogP contribution in [0.15, 0.2) is 43.7 Å². The van der Waals surface area contributed by atoms with Crippen LogP contribution in [0.4, 0.5) is 0 Å². The first-order chi connectivity index (χ1) is 14.8. The van der Waals surface area contributed by atoms with Crippen molar-refractivity contribution in [2.24, 2.45) is 0 Å². The molecule has 0 unspecified atom stereocenters. The number of halogens is 1. The average molecular weight is 523 g/mol. The number of hydrogen-bond acceptors (Lipinski definition) is 6. The first-order valence-corrected chi connectivity index (χ1v) is 11.8. The van der Waals surface area contributed by atoms with Crippen LogP contribution >= 0.6 is 27.3 Å². The van der Waals surface area contributed by atoms with Gasteiger partial charge in [0.15, 0.2) is 0 Å². The monoisotopic (exact) mass is 522 g/mol. The van der Waals surface area contributed by atoms with E-state index in [1.54, 1.807) is 52.0 Å². The third kappa shape index (κ3) is 4.46. The molecule has 1 N–H and O–H groups in total. The Morgan fingerprint density at radius 1 is 1.16 bits per heavy atom. The van der Waals surface area contributed by atoms with Crippen molar-refractivity contribution in [2.45, 2.75) is 65.3 Å². The van der Waals surface area contributed by atoms with Gasteiger partial charge in [-0.05, 0) is 68.6 Å². The number of thiophene rings is 1. The molecule has 7 nitrogen and oxygen atoms in total. The molecule has 0 fully saturated rings. The molecule has 172 valence electrons. The highest BCUT2D eigenvalue weighted by Gasteiger charge is 2.38. The second kappa shape index (κ2) is 8.61. The third-order valence-corrected chi connectivity index (χ3v) is 7.34. The largest absolute Gasteiger partial charge is 0.458 e. The SMILES string of the molecule is Cc1c(Br)sc2c1c(=O)n(C(C)(C)C(=O)OC(C)(C)C)c(=O)n2C[C@@H](O)c1ccccc1. The van der Waals surface area contributed by atoms with Crippen molar-refractivity contribution in [1.29, 1.82) is 0 Å². The van der Waals surface area contributed by atoms with E-state index in [0.717, 1.165) is 4.57 Å². The lowest BCUT2D eigenvalue weighted by Gasteiger charge is -2.30. The predicted molar refractivity (Wildman–Crippen MR) is 129 cm³/mol. The normalized spacial score (nSPS) is 13.4. The third-order valence-electron chi connectivity index (χ3n) is 5.15. The molecule has 1 aromatic carbocycles. The van der Waals surface area contributed by atoms with Crippen LogP contribution < -0.4 is 11.2 Å². The molecule has 0 amide bonds. The van der Waals surface area contributed by atoms with Crippen LogP contribution in [-0.2, 0) is 21.6 Å². The highest BCUT2D eigenvalue weighted by molar-refractivity contribution is 9.11. The number of aryl methyl sites for hydroxylation is 1. The molecule has 32 heavy (non-hydrogen) atoms. The van der Waals surface area contributed by atoms with Gasteiger partial charge in [0.2, 0.25) is 0 Å². The van der Waals surface area contributed by atoms with E-state index < -0.39 is 34.5 Å². The Hall–Kier alpha value is -2.23. The van der Waals surface area contributed by atoms with Gasteiger partial charge in [0, 0.05) is 0 Å². The second-order valence-corrected chi connectivity index (χ2v) is 11.5. The number of aliphatic hydroxyl groups excluding tert-OH is 1. The lowest BCUT2D eigenvalue weighted by atomic mass is 10.0. The standard InChI is InChI=1S/C23H27BrN2O5S/c1-13-16-18(28)26(23(5,6)20(29)31-22(2,3)4)21(30)25(19(16)32-17(13)24)12-15(27)14-10-8-7-9-11-14/h7-11,15,27H,12H2,1-6H3/t15-/m1/s1. The van der Waals surface area contributed by atoms with Crippen LogP contribution in [0.25, 0.3) is 10.2 Å². The van der Waals surface area contributed by atoms with E-state index in [1.807, 2.05) is 6.07 Å². The number of hydrogen-bond donors (Lipinski definition) is 1. The van der Waals surface area contributed by atoms with Crippen molar-refractivity contribution in [1.82, 2.24) is 9.13 Å². The highest BCUT2D eigenvalue weighted by atomic mass is 79.9. The van der Waals surface area contributed by atoms with Crippen LogP contribution in [0.1, 0.15) is 51.8 Å². The van der Waals surface area contributed by atoms with Crippen molar-refractivity contribution in [3.8, 4) is 0 Å². The van der Waals surface area contributed by atoms with Gasteiger partial charge in [-0.3, -0.25) is 9.36 Å². The Kier molecular flexibility index (Phi) is 6.57. The Morgan fingerprint density at radius 2 is 1.75 bits per heavy atom. The number of aromatic nitrogens is 2. The van der Waals surface area contributed by atoms with Crippen LogP contribution in [0.5, 0.6) is 0 Å². The number of benzene rings is 1. The minimum Gasteiger partial charge on any atom is -0.458 e. The number of ether oxygens (including phenoxy) is 1. The molecular formula is C23H27BrN2O5S. The van der Waals surface area contributed by atoms with Gasteiger partial charge in [-0.1, -0.05) is 30.3 Å². The van der Waals surface area contributed by atoms with E-state index in [1.165, 1.54) is 29.8 Å². The smallest absolute Gasteiger partial charge is 0.333 e. The summed E-state index contributed by atoms with van der Waals surface area (Å²) >= 11 is 4.70. The molecule has 0 aliphatic rings. The van der Waals surface area contributed by atoms with E-state index in [4.69, 9.17) is 4.74 Å². The minimum absolute atomic E-state index is 0.0730. The van der Waals surface area contributed by atoms with E-state index >= 15 is 0 Å². The molecule has 9 heteroatoms. The summed E-state index contributed by atoms with van der Waals surface area (Å²) in [5, 5.41) is 11.1. The lowest BCUT2D eigenvalue weighted by molar-refractivity contribution is -0.164. The molecule has 3 rings (SSSR count). The van der Waals surface area contributed by atoms with Gasteiger partial charge in [-0.25, -0.2) is 14.2 Å². The highest BCUT2D eigenvalue weighted by Crippen LogP contribution is 2.33. The zero-order valence-electron chi connectivity index (χ0n) is 18.9. The molecule has 0 radical (unpaired) electrons. The Bertz CT molecular complexity index is 1280. The summed E-state index contributed by atoms with van der Waals surface area (Å²) in [7, 11) is 0. The van der Waals surface area contributed by atoms with Gasteiger partial charge in [-0.15, -0.1) is 11.3 Å². The van der Waals surface area contributed by atoms with Gasteiger partial charge in [0.05, 0.1) is 21.8 Å². The fraction of sp³-hybridized carbons (Fsp3) is 0.435. The van der Waals surface area contributed by atoms with Crippen LogP contribution in [0.2, 0.25) is 0 Å². The van der Waals surface area contributed by atoms with E-state index in [-0.39, 0.29) is 6.54 Å². The number of esters is 1. The molecule has 2 aromatic heterocycles. The molecule has 1 atom stereocenters. The van der Waals surface area contributed by atoms with Crippen LogP contribution in [0.3, 0.4) is 0 Å². The zero-order chi connectivity index (χ0) is 24.0. The first-order valence-electron chi connectivity index (χ1n) is 10.2. The first kappa shape index (κ1) is 24.4. The minimum atomic E-state index is -1.56. The Morgan fingerprint density at radius 3 is 2.31 bits per heavy atom. The number of fused-ring (bicyclic) bond motifs is 1. The summed E-state index contributed by atoms with van der Waals surface area (Å²) in [6.45, 7) is 9.85. The van der Waals surface area contributed by atoms with E-state index in [0.29, 0.717) is 25.1 Å². The van der Waals surface area contributed by atoms with E-state index in [2.05, 4.69) is 15.9 Å². The van der Waals surface area contributed by atoms with Crippen molar-refractivity contribution < 1.29 is 14.6 Å². The topological polar surface area (TPSA) is 90.5 Å². The molecule has 0 saturated heterocycles. The van der Waals surface area contributed by atoms with Gasteiger partial charge in [-0.2, -0.15) is 0 Å². The molecule has 0 bridgehead atoms. The predicted octanol–water partition coefficient (Wildman–Crippen LogP) is 4.11. The number of carbonyl (C=O) groups is 1. The van der Waals surface area contributed by atoms with Crippen LogP contribution in [0, 0.1) is 6.92 Å². The molecule has 0 saturated carbocycles. The quantitative estimate of drug-likeness (QED) is 0.509. The Labute approximate surface area is 198 Å². The van der Waals surface area contributed by atoms with Gasteiger partial charge >= 0.3 is 11.7 Å². The molecule has 2 heterocycles. The fourth-order valence-corrected chi connectivity index (χ4v) is 5.11. The average Bonchev–Trinajstić information content (AvgIpc) is 2.99. The van der Waals surface area contributed by atoms with Gasteiger partial charge < -0.3 is 9.84 Å². The van der Waals surface area contributed by atoms with Gasteiger partial charge in [0.1, 0.15) is 16.0 Å². The molecular weight excluding hydrogens is 496 g/mol. The summed E-state index contributed by atoms with van der Waals surface area (Å²) in [5.41, 5.74) is -2.27. The Balaban J connectivity index is 2.27. The number of carbonyl (C=O) groups excluding carboxylic acids is 1. The van der Waals surface area contributed by atoms with Crippen molar-refractivity contribution in [2.75, 3.05) is 0 Å². The summed E-state index contributed by atoms with van der Waals surface area (Å²) in [6.07, 6.45) is -0.978. The summed E-state index contributed by atoms with van der Waals surface area (Å²) in [5.74, 6) is -0.689. The van der Waals surface area contributed by atoms with Crippen molar-refractivity contribution in [3.63, 3.8) is 0 Å². The lowest BCUT2D eigenvalue weighted by Crippen LogP contribution is -2.54. The number of rotatable bonds is 5.